The molecule has 2 nitrogen and oxygen atoms in total. The van der Waals surface area contributed by atoms with Crippen LogP contribution < -0.4 is 5.32 Å². The molecule has 1 saturated heterocycles. The molecule has 3 heteroatoms. The van der Waals surface area contributed by atoms with Gasteiger partial charge in [-0.25, -0.2) is 0 Å². The Morgan fingerprint density at radius 3 is 2.94 bits per heavy atom. The van der Waals surface area contributed by atoms with E-state index < -0.39 is 0 Å². The average Bonchev–Trinajstić information content (AvgIpc) is 2.30. The maximum absolute atomic E-state index is 9.39. The van der Waals surface area contributed by atoms with Gasteiger partial charge >= 0.3 is 0 Å². The predicted octanol–water partition coefficient (Wildman–Crippen LogP) is 2.56. The minimum absolute atomic E-state index is 0.165. The smallest absolute Gasteiger partial charge is 0.0610 e. The Morgan fingerprint density at radius 2 is 2.25 bits per heavy atom. The summed E-state index contributed by atoms with van der Waals surface area (Å²) in [5.74, 6) is 0.451. The Morgan fingerprint density at radius 1 is 1.50 bits per heavy atom. The van der Waals surface area contributed by atoms with E-state index in [9.17, 15) is 5.11 Å². The topological polar surface area (TPSA) is 32.3 Å². The molecule has 0 amide bonds. The summed E-state index contributed by atoms with van der Waals surface area (Å²) in [5.41, 5.74) is 1.05. The van der Waals surface area contributed by atoms with Crippen molar-refractivity contribution in [3.05, 3.63) is 34.9 Å². The average molecular weight is 240 g/mol. The van der Waals surface area contributed by atoms with Crippen LogP contribution in [0.3, 0.4) is 0 Å². The number of piperidine rings is 1. The molecular weight excluding hydrogens is 222 g/mol. The molecule has 1 aromatic rings. The number of hydrogen-bond acceptors (Lipinski definition) is 2. The van der Waals surface area contributed by atoms with Crippen LogP contribution in [-0.4, -0.2) is 23.8 Å². The Hall–Kier alpha value is -0.570. The lowest BCUT2D eigenvalue weighted by Gasteiger charge is -2.38. The van der Waals surface area contributed by atoms with Gasteiger partial charge in [0, 0.05) is 10.6 Å². The fourth-order valence-corrected chi connectivity index (χ4v) is 2.75. The molecule has 0 radical (unpaired) electrons. The number of rotatable bonds is 2. The van der Waals surface area contributed by atoms with E-state index in [2.05, 4.69) is 18.3 Å². The van der Waals surface area contributed by atoms with Gasteiger partial charge in [0.15, 0.2) is 0 Å². The fraction of sp³-hybridized carbons (Fsp3) is 0.538. The summed E-state index contributed by atoms with van der Waals surface area (Å²) in [6.45, 7) is 3.18. The standard InChI is InChI=1S/C13H18ClNO/c1-13(9-16)8-10(6-7-15-13)11-4-2-3-5-12(11)14/h2-5,10,15-16H,6-9H2,1H3. The summed E-state index contributed by atoms with van der Waals surface area (Å²) in [4.78, 5) is 0. The maximum atomic E-state index is 9.39. The van der Waals surface area contributed by atoms with Crippen LogP contribution in [-0.2, 0) is 0 Å². The lowest BCUT2D eigenvalue weighted by molar-refractivity contribution is 0.137. The molecule has 1 aromatic carbocycles. The monoisotopic (exact) mass is 239 g/mol. The van der Waals surface area contributed by atoms with Crippen molar-refractivity contribution in [2.24, 2.45) is 0 Å². The summed E-state index contributed by atoms with van der Waals surface area (Å²) in [7, 11) is 0. The Bertz CT molecular complexity index is 369. The second-order valence-electron chi connectivity index (χ2n) is 4.86. The summed E-state index contributed by atoms with van der Waals surface area (Å²) >= 11 is 6.21. The zero-order valence-corrected chi connectivity index (χ0v) is 10.3. The minimum Gasteiger partial charge on any atom is -0.394 e. The van der Waals surface area contributed by atoms with Gasteiger partial charge in [0.05, 0.1) is 6.61 Å². The third kappa shape index (κ3) is 2.40. The van der Waals surface area contributed by atoms with Crippen molar-refractivity contribution in [3.63, 3.8) is 0 Å². The third-order valence-corrected chi connectivity index (χ3v) is 3.78. The van der Waals surface area contributed by atoms with Gasteiger partial charge in [0.2, 0.25) is 0 Å². The molecule has 88 valence electrons. The Balaban J connectivity index is 2.19. The van der Waals surface area contributed by atoms with E-state index in [1.807, 2.05) is 18.2 Å². The second-order valence-corrected chi connectivity index (χ2v) is 5.26. The SMILES string of the molecule is CC1(CO)CC(c2ccccc2Cl)CCN1. The van der Waals surface area contributed by atoms with E-state index in [0.717, 1.165) is 24.4 Å². The summed E-state index contributed by atoms with van der Waals surface area (Å²) in [5, 5.41) is 13.6. The van der Waals surface area contributed by atoms with E-state index in [1.54, 1.807) is 0 Å². The van der Waals surface area contributed by atoms with E-state index in [-0.39, 0.29) is 12.1 Å². The van der Waals surface area contributed by atoms with Crippen LogP contribution >= 0.6 is 11.6 Å². The van der Waals surface area contributed by atoms with E-state index in [4.69, 9.17) is 11.6 Å². The number of hydrogen-bond donors (Lipinski definition) is 2. The maximum Gasteiger partial charge on any atom is 0.0610 e. The highest BCUT2D eigenvalue weighted by molar-refractivity contribution is 6.31. The zero-order chi connectivity index (χ0) is 11.6. The fourth-order valence-electron chi connectivity index (χ4n) is 2.46. The van der Waals surface area contributed by atoms with Crippen LogP contribution in [0.2, 0.25) is 5.02 Å². The van der Waals surface area contributed by atoms with Gasteiger partial charge in [-0.05, 0) is 43.9 Å². The Kier molecular flexibility index (Phi) is 3.53. The van der Waals surface area contributed by atoms with Gasteiger partial charge < -0.3 is 10.4 Å². The highest BCUT2D eigenvalue weighted by Gasteiger charge is 2.32. The molecule has 0 bridgehead atoms. The van der Waals surface area contributed by atoms with Gasteiger partial charge in [-0.2, -0.15) is 0 Å². The molecule has 0 aliphatic carbocycles. The number of nitrogens with one attached hydrogen (secondary N) is 1. The summed E-state index contributed by atoms with van der Waals surface area (Å²) in [6.07, 6.45) is 2.02. The molecule has 1 heterocycles. The minimum atomic E-state index is -0.165. The van der Waals surface area contributed by atoms with Crippen LogP contribution in [0.25, 0.3) is 0 Å². The number of aliphatic hydroxyl groups excluding tert-OH is 1. The first-order valence-electron chi connectivity index (χ1n) is 5.75. The largest absolute Gasteiger partial charge is 0.394 e. The lowest BCUT2D eigenvalue weighted by Crippen LogP contribution is -2.50. The number of halogens is 1. The highest BCUT2D eigenvalue weighted by Crippen LogP contribution is 2.35. The first-order chi connectivity index (χ1) is 7.64. The van der Waals surface area contributed by atoms with Crippen LogP contribution in [0.5, 0.6) is 0 Å². The van der Waals surface area contributed by atoms with E-state index in [1.165, 1.54) is 5.56 Å². The summed E-state index contributed by atoms with van der Waals surface area (Å²) < 4.78 is 0. The van der Waals surface area contributed by atoms with Crippen molar-refractivity contribution in [2.45, 2.75) is 31.2 Å². The quantitative estimate of drug-likeness (QED) is 0.832. The van der Waals surface area contributed by atoms with Gasteiger partial charge in [0.25, 0.3) is 0 Å². The normalized spacial score (nSPS) is 30.3. The molecule has 1 fully saturated rings. The lowest BCUT2D eigenvalue weighted by atomic mass is 9.80. The van der Waals surface area contributed by atoms with Crippen molar-refractivity contribution < 1.29 is 5.11 Å². The van der Waals surface area contributed by atoms with E-state index >= 15 is 0 Å². The van der Waals surface area contributed by atoms with Crippen molar-refractivity contribution in [1.82, 2.24) is 5.32 Å². The third-order valence-electron chi connectivity index (χ3n) is 3.44. The number of aliphatic hydroxyl groups is 1. The molecule has 0 spiro atoms. The molecule has 2 N–H and O–H groups in total. The van der Waals surface area contributed by atoms with Gasteiger partial charge in [0.1, 0.15) is 0 Å². The summed E-state index contributed by atoms with van der Waals surface area (Å²) in [6, 6.07) is 8.02. The molecule has 1 aliphatic heterocycles. The van der Waals surface area contributed by atoms with E-state index in [0.29, 0.717) is 5.92 Å². The highest BCUT2D eigenvalue weighted by atomic mass is 35.5. The molecule has 16 heavy (non-hydrogen) atoms. The van der Waals surface area contributed by atoms with Crippen LogP contribution in [0.1, 0.15) is 31.2 Å². The predicted molar refractivity (Wildman–Crippen MR) is 66.9 cm³/mol. The first-order valence-corrected chi connectivity index (χ1v) is 6.13. The van der Waals surface area contributed by atoms with Crippen LogP contribution in [0.4, 0.5) is 0 Å². The van der Waals surface area contributed by atoms with Crippen LogP contribution in [0, 0.1) is 0 Å². The molecule has 0 saturated carbocycles. The van der Waals surface area contributed by atoms with Gasteiger partial charge in [-0.3, -0.25) is 0 Å². The Labute approximate surface area is 102 Å². The number of benzene rings is 1. The van der Waals surface area contributed by atoms with Gasteiger partial charge in [-0.1, -0.05) is 29.8 Å². The van der Waals surface area contributed by atoms with Crippen molar-refractivity contribution in [3.8, 4) is 0 Å². The molecule has 0 aromatic heterocycles. The molecule has 2 rings (SSSR count). The second kappa shape index (κ2) is 4.74. The van der Waals surface area contributed by atoms with Crippen molar-refractivity contribution >= 4 is 11.6 Å². The molecule has 2 unspecified atom stereocenters. The van der Waals surface area contributed by atoms with Crippen molar-refractivity contribution in [2.75, 3.05) is 13.2 Å². The molecular formula is C13H18ClNO. The molecule has 2 atom stereocenters. The first kappa shape index (κ1) is 11.9. The molecule has 1 aliphatic rings. The van der Waals surface area contributed by atoms with Crippen molar-refractivity contribution in [1.29, 1.82) is 0 Å². The zero-order valence-electron chi connectivity index (χ0n) is 9.54. The van der Waals surface area contributed by atoms with Crippen LogP contribution in [0.15, 0.2) is 24.3 Å². The van der Waals surface area contributed by atoms with Gasteiger partial charge in [-0.15, -0.1) is 0 Å².